The Morgan fingerprint density at radius 2 is 2.00 bits per heavy atom. The molecule has 8 nitrogen and oxygen atoms in total. The predicted octanol–water partition coefficient (Wildman–Crippen LogP) is 3.76. The van der Waals surface area contributed by atoms with E-state index in [0.29, 0.717) is 19.8 Å². The molecule has 2 aliphatic heterocycles. The maximum Gasteiger partial charge on any atom is 0.416 e. The number of benzene rings is 2. The zero-order valence-corrected chi connectivity index (χ0v) is 22.0. The van der Waals surface area contributed by atoms with E-state index in [0.717, 1.165) is 30.8 Å². The Morgan fingerprint density at radius 3 is 2.71 bits per heavy atom. The number of aliphatic hydroxyl groups is 1. The van der Waals surface area contributed by atoms with Crippen molar-refractivity contribution in [3.05, 3.63) is 53.1 Å². The van der Waals surface area contributed by atoms with Crippen LogP contribution in [0.4, 0.5) is 18.9 Å². The summed E-state index contributed by atoms with van der Waals surface area (Å²) in [6.07, 6.45) is -3.57. The molecule has 5 N–H and O–H groups in total. The highest BCUT2D eigenvalue weighted by Crippen LogP contribution is 2.36. The molecule has 2 aliphatic rings. The number of ether oxygens (including phenoxy) is 1. The summed E-state index contributed by atoms with van der Waals surface area (Å²) >= 11 is 6.42. The quantitative estimate of drug-likeness (QED) is 0.321. The van der Waals surface area contributed by atoms with Crippen molar-refractivity contribution in [1.82, 2.24) is 20.9 Å². The molecule has 2 aromatic carbocycles. The number of fused-ring (bicyclic) bond motifs is 1. The number of carbonyl (C=O) groups excluding carboxylic acids is 1. The molecule has 0 saturated carbocycles. The molecule has 2 aromatic rings. The standard InChI is InChI=1S/C26H33ClF3N5O3/c1-25(2,37)14-22(36)31-9-11-35-10-8-20-23(35)24(33-15-32-20)34-17-6-7-21(19(27)13-17)38-18-5-3-4-16(12-18)26(28,29)30/h3-7,12-13,20,23-24,32-34,37H,8-11,14-15H2,1-2H3,(H,31,36). The largest absolute Gasteiger partial charge is 0.456 e. The second-order valence-corrected chi connectivity index (χ2v) is 10.6. The van der Waals surface area contributed by atoms with E-state index in [4.69, 9.17) is 16.3 Å². The molecule has 1 amide bonds. The number of hydrogen-bond acceptors (Lipinski definition) is 7. The van der Waals surface area contributed by atoms with Crippen LogP contribution in [0.3, 0.4) is 0 Å². The lowest BCUT2D eigenvalue weighted by atomic mass is 10.0. The van der Waals surface area contributed by atoms with Crippen molar-refractivity contribution in [2.24, 2.45) is 0 Å². The van der Waals surface area contributed by atoms with Crippen molar-refractivity contribution in [2.75, 3.05) is 31.6 Å². The second-order valence-electron chi connectivity index (χ2n) is 10.2. The summed E-state index contributed by atoms with van der Waals surface area (Å²) in [6, 6.07) is 10.1. The number of nitrogens with one attached hydrogen (secondary N) is 4. The minimum Gasteiger partial charge on any atom is -0.456 e. The van der Waals surface area contributed by atoms with Gasteiger partial charge in [0, 0.05) is 38.0 Å². The lowest BCUT2D eigenvalue weighted by molar-refractivity contribution is -0.137. The molecule has 38 heavy (non-hydrogen) atoms. The average molecular weight is 556 g/mol. The van der Waals surface area contributed by atoms with Gasteiger partial charge in [-0.05, 0) is 56.7 Å². The summed E-state index contributed by atoms with van der Waals surface area (Å²) in [5.41, 5.74) is -1.12. The smallest absolute Gasteiger partial charge is 0.416 e. The lowest BCUT2D eigenvalue weighted by Crippen LogP contribution is -2.65. The fraction of sp³-hybridized carbons (Fsp3) is 0.500. The van der Waals surface area contributed by atoms with Crippen LogP contribution < -0.4 is 26.0 Å². The van der Waals surface area contributed by atoms with E-state index in [2.05, 4.69) is 26.2 Å². The highest BCUT2D eigenvalue weighted by molar-refractivity contribution is 6.32. The lowest BCUT2D eigenvalue weighted by Gasteiger charge is -2.40. The predicted molar refractivity (Wildman–Crippen MR) is 139 cm³/mol. The third-order valence-electron chi connectivity index (χ3n) is 6.55. The normalized spacial score (nSPS) is 22.1. The van der Waals surface area contributed by atoms with Crippen LogP contribution in [0.1, 0.15) is 32.3 Å². The number of anilines is 1. The summed E-state index contributed by atoms with van der Waals surface area (Å²) in [6.45, 7) is 5.82. The maximum atomic E-state index is 13.0. The molecule has 0 aliphatic carbocycles. The van der Waals surface area contributed by atoms with Gasteiger partial charge in [-0.3, -0.25) is 20.3 Å². The van der Waals surface area contributed by atoms with E-state index in [9.17, 15) is 23.1 Å². The van der Waals surface area contributed by atoms with Gasteiger partial charge >= 0.3 is 6.18 Å². The Labute approximate surface area is 224 Å². The minimum atomic E-state index is -4.47. The third kappa shape index (κ3) is 7.51. The molecular formula is C26H33ClF3N5O3. The second kappa shape index (κ2) is 11.7. The minimum absolute atomic E-state index is 0.0422. The molecular weight excluding hydrogens is 523 g/mol. The summed E-state index contributed by atoms with van der Waals surface area (Å²) in [4.78, 5) is 14.4. The van der Waals surface area contributed by atoms with Crippen LogP contribution >= 0.6 is 11.6 Å². The van der Waals surface area contributed by atoms with E-state index in [1.165, 1.54) is 12.1 Å². The summed E-state index contributed by atoms with van der Waals surface area (Å²) in [7, 11) is 0. The van der Waals surface area contributed by atoms with Gasteiger partial charge in [0.25, 0.3) is 0 Å². The van der Waals surface area contributed by atoms with Gasteiger partial charge in [0.05, 0.1) is 34.8 Å². The summed E-state index contributed by atoms with van der Waals surface area (Å²) < 4.78 is 44.7. The van der Waals surface area contributed by atoms with Crippen LogP contribution in [0.25, 0.3) is 0 Å². The van der Waals surface area contributed by atoms with Crippen LogP contribution in [-0.2, 0) is 11.0 Å². The molecule has 0 radical (unpaired) electrons. The Bertz CT molecular complexity index is 1130. The number of rotatable bonds is 9. The molecule has 2 heterocycles. The average Bonchev–Trinajstić information content (AvgIpc) is 3.23. The van der Waals surface area contributed by atoms with Gasteiger partial charge in [0.1, 0.15) is 11.5 Å². The van der Waals surface area contributed by atoms with Crippen LogP contribution in [0, 0.1) is 0 Å². The molecule has 3 atom stereocenters. The third-order valence-corrected chi connectivity index (χ3v) is 6.84. The Kier molecular flexibility index (Phi) is 8.73. The SMILES string of the molecule is CC(C)(O)CC(=O)NCCN1CCC2NCNC(Nc3ccc(Oc4cccc(C(F)(F)F)c4)c(Cl)c3)C21. The maximum absolute atomic E-state index is 13.0. The van der Waals surface area contributed by atoms with Gasteiger partial charge in [-0.15, -0.1) is 0 Å². The highest BCUT2D eigenvalue weighted by atomic mass is 35.5. The first-order valence-corrected chi connectivity index (χ1v) is 12.9. The number of alkyl halides is 3. The topological polar surface area (TPSA) is 97.9 Å². The van der Waals surface area contributed by atoms with Crippen LogP contribution in [-0.4, -0.2) is 66.1 Å². The first-order valence-electron chi connectivity index (χ1n) is 12.5. The van der Waals surface area contributed by atoms with Crippen LogP contribution in [0.2, 0.25) is 5.02 Å². The van der Waals surface area contributed by atoms with E-state index >= 15 is 0 Å². The number of likely N-dealkylation sites (tertiary alicyclic amines) is 1. The van der Waals surface area contributed by atoms with Gasteiger partial charge < -0.3 is 20.5 Å². The molecule has 2 fully saturated rings. The molecule has 0 aromatic heterocycles. The number of hydrogen-bond donors (Lipinski definition) is 5. The molecule has 3 unspecified atom stereocenters. The van der Waals surface area contributed by atoms with Crippen molar-refractivity contribution in [3.8, 4) is 11.5 Å². The van der Waals surface area contributed by atoms with E-state index in [1.54, 1.807) is 32.0 Å². The Hall–Kier alpha value is -2.57. The zero-order chi connectivity index (χ0) is 27.5. The van der Waals surface area contributed by atoms with Crippen LogP contribution in [0.5, 0.6) is 11.5 Å². The van der Waals surface area contributed by atoms with E-state index in [-0.39, 0.29) is 47.1 Å². The molecule has 0 spiro atoms. The fourth-order valence-electron chi connectivity index (χ4n) is 4.87. The van der Waals surface area contributed by atoms with Gasteiger partial charge in [0.2, 0.25) is 5.91 Å². The number of carbonyl (C=O) groups is 1. The number of halogens is 4. The van der Waals surface area contributed by atoms with Gasteiger partial charge in [-0.1, -0.05) is 17.7 Å². The zero-order valence-electron chi connectivity index (χ0n) is 21.2. The van der Waals surface area contributed by atoms with Gasteiger partial charge in [0.15, 0.2) is 0 Å². The summed E-state index contributed by atoms with van der Waals surface area (Å²) in [5.74, 6) is 0.100. The van der Waals surface area contributed by atoms with Crippen molar-refractivity contribution in [2.45, 2.75) is 56.7 Å². The Balaban J connectivity index is 1.37. The van der Waals surface area contributed by atoms with Crippen molar-refractivity contribution >= 4 is 23.2 Å². The first-order chi connectivity index (χ1) is 17.9. The highest BCUT2D eigenvalue weighted by Gasteiger charge is 2.41. The first kappa shape index (κ1) is 28.4. The number of amides is 1. The molecule has 12 heteroatoms. The summed E-state index contributed by atoms with van der Waals surface area (Å²) in [5, 5.41) is 23.3. The fourth-order valence-corrected chi connectivity index (χ4v) is 5.09. The van der Waals surface area contributed by atoms with Crippen LogP contribution in [0.15, 0.2) is 42.5 Å². The monoisotopic (exact) mass is 555 g/mol. The van der Waals surface area contributed by atoms with Crippen molar-refractivity contribution < 1.29 is 27.8 Å². The van der Waals surface area contributed by atoms with Crippen molar-refractivity contribution in [1.29, 1.82) is 0 Å². The molecule has 208 valence electrons. The van der Waals surface area contributed by atoms with E-state index < -0.39 is 17.3 Å². The van der Waals surface area contributed by atoms with Gasteiger partial charge in [-0.25, -0.2) is 0 Å². The molecule has 0 bridgehead atoms. The molecule has 4 rings (SSSR count). The Morgan fingerprint density at radius 1 is 1.21 bits per heavy atom. The molecule has 2 saturated heterocycles. The van der Waals surface area contributed by atoms with E-state index in [1.807, 2.05) is 0 Å². The number of nitrogens with zero attached hydrogens (tertiary/aromatic N) is 1. The van der Waals surface area contributed by atoms with Crippen molar-refractivity contribution in [3.63, 3.8) is 0 Å². The van der Waals surface area contributed by atoms with Gasteiger partial charge in [-0.2, -0.15) is 13.2 Å².